The molecule has 0 aliphatic carbocycles. The number of hydrogen-bond acceptors (Lipinski definition) is 4. The quantitative estimate of drug-likeness (QED) is 0.760. The van der Waals surface area contributed by atoms with Gasteiger partial charge in [-0.25, -0.2) is 0 Å². The van der Waals surface area contributed by atoms with Gasteiger partial charge in [-0.15, -0.1) is 0 Å². The average Bonchev–Trinajstić information content (AvgIpc) is 2.63. The number of carbonyl (C=O) groups is 1. The van der Waals surface area contributed by atoms with E-state index in [1.165, 1.54) is 12.1 Å². The number of piperidine rings is 1. The lowest BCUT2D eigenvalue weighted by molar-refractivity contribution is -0.153. The number of rotatable bonds is 8. The molecule has 0 atom stereocenters. The van der Waals surface area contributed by atoms with Crippen LogP contribution in [0.2, 0.25) is 0 Å². The molecule has 1 heterocycles. The number of para-hydroxylation sites is 2. The van der Waals surface area contributed by atoms with Crippen molar-refractivity contribution >= 4 is 5.91 Å². The van der Waals surface area contributed by atoms with Crippen LogP contribution < -0.4 is 14.8 Å². The van der Waals surface area contributed by atoms with E-state index in [1.807, 2.05) is 7.05 Å². The summed E-state index contributed by atoms with van der Waals surface area (Å²) < 4.78 is 47.1. The first kappa shape index (κ1) is 20.4. The first-order valence-electron chi connectivity index (χ1n) is 8.73. The van der Waals surface area contributed by atoms with Gasteiger partial charge in [0.15, 0.2) is 24.7 Å². The van der Waals surface area contributed by atoms with Gasteiger partial charge in [0.1, 0.15) is 0 Å². The molecule has 1 N–H and O–H groups in total. The molecule has 0 saturated carbocycles. The van der Waals surface area contributed by atoms with Gasteiger partial charge in [0.25, 0.3) is 5.91 Å². The third-order valence-corrected chi connectivity index (χ3v) is 4.36. The third kappa shape index (κ3) is 6.74. The fourth-order valence-corrected chi connectivity index (χ4v) is 2.90. The molecule has 1 aliphatic rings. The highest BCUT2D eigenvalue weighted by Gasteiger charge is 2.29. The molecule has 0 bridgehead atoms. The van der Waals surface area contributed by atoms with E-state index in [1.54, 1.807) is 17.0 Å². The van der Waals surface area contributed by atoms with Crippen molar-refractivity contribution in [3.05, 3.63) is 24.3 Å². The van der Waals surface area contributed by atoms with Gasteiger partial charge in [0.05, 0.1) is 0 Å². The highest BCUT2D eigenvalue weighted by atomic mass is 19.4. The molecule has 0 aromatic heterocycles. The number of likely N-dealkylation sites (tertiary alicyclic amines) is 1. The minimum Gasteiger partial charge on any atom is -0.480 e. The van der Waals surface area contributed by atoms with Crippen molar-refractivity contribution in [3.8, 4) is 11.5 Å². The SMILES string of the molecule is CNCCC1CCN(C(=O)COc2ccccc2OCC(F)(F)F)CC1. The van der Waals surface area contributed by atoms with E-state index in [9.17, 15) is 18.0 Å². The van der Waals surface area contributed by atoms with Crippen molar-refractivity contribution < 1.29 is 27.4 Å². The molecule has 1 saturated heterocycles. The number of amides is 1. The Labute approximate surface area is 151 Å². The normalized spacial score (nSPS) is 15.8. The number of nitrogens with one attached hydrogen (secondary N) is 1. The van der Waals surface area contributed by atoms with Crippen molar-refractivity contribution in [1.29, 1.82) is 0 Å². The maximum atomic E-state index is 12.3. The Hall–Kier alpha value is -1.96. The maximum Gasteiger partial charge on any atom is 0.422 e. The topological polar surface area (TPSA) is 50.8 Å². The lowest BCUT2D eigenvalue weighted by Crippen LogP contribution is -2.41. The third-order valence-electron chi connectivity index (χ3n) is 4.36. The lowest BCUT2D eigenvalue weighted by atomic mass is 9.93. The van der Waals surface area contributed by atoms with E-state index < -0.39 is 12.8 Å². The van der Waals surface area contributed by atoms with Crippen molar-refractivity contribution in [2.75, 3.05) is 39.9 Å². The summed E-state index contributed by atoms with van der Waals surface area (Å²) in [6.45, 7) is 0.719. The minimum atomic E-state index is -4.43. The Morgan fingerprint density at radius 2 is 1.81 bits per heavy atom. The van der Waals surface area contributed by atoms with Gasteiger partial charge in [-0.05, 0) is 50.9 Å². The summed E-state index contributed by atoms with van der Waals surface area (Å²) in [5.41, 5.74) is 0. The zero-order valence-corrected chi connectivity index (χ0v) is 14.8. The first-order valence-corrected chi connectivity index (χ1v) is 8.73. The molecule has 1 amide bonds. The van der Waals surface area contributed by atoms with E-state index in [4.69, 9.17) is 9.47 Å². The van der Waals surface area contributed by atoms with Gasteiger partial charge in [-0.1, -0.05) is 12.1 Å². The summed E-state index contributed by atoms with van der Waals surface area (Å²) in [6.07, 6.45) is -1.42. The highest BCUT2D eigenvalue weighted by molar-refractivity contribution is 5.78. The molecule has 5 nitrogen and oxygen atoms in total. The molecule has 1 fully saturated rings. The monoisotopic (exact) mass is 374 g/mol. The number of ether oxygens (including phenoxy) is 2. The van der Waals surface area contributed by atoms with Gasteiger partial charge in [-0.2, -0.15) is 13.2 Å². The molecule has 0 spiro atoms. The lowest BCUT2D eigenvalue weighted by Gasteiger charge is -2.32. The number of hydrogen-bond donors (Lipinski definition) is 1. The minimum absolute atomic E-state index is 0.0246. The number of nitrogens with zero attached hydrogens (tertiary/aromatic N) is 1. The van der Waals surface area contributed by atoms with Gasteiger partial charge < -0.3 is 19.7 Å². The van der Waals surface area contributed by atoms with Crippen LogP contribution in [-0.4, -0.2) is 56.9 Å². The molecule has 1 aromatic carbocycles. The van der Waals surface area contributed by atoms with Crippen LogP contribution in [-0.2, 0) is 4.79 Å². The van der Waals surface area contributed by atoms with E-state index in [2.05, 4.69) is 5.32 Å². The molecule has 8 heteroatoms. The summed E-state index contributed by atoms with van der Waals surface area (Å²) in [5, 5.41) is 3.13. The number of halogens is 3. The number of alkyl halides is 3. The zero-order chi connectivity index (χ0) is 19.0. The Morgan fingerprint density at radius 3 is 2.38 bits per heavy atom. The second-order valence-electron chi connectivity index (χ2n) is 6.36. The standard InChI is InChI=1S/C18H25F3N2O3/c1-22-9-6-14-7-10-23(11-8-14)17(24)12-25-15-4-2-3-5-16(15)26-13-18(19,20)21/h2-5,14,22H,6-13H2,1H3. The molecule has 26 heavy (non-hydrogen) atoms. The molecule has 0 radical (unpaired) electrons. The van der Waals surface area contributed by atoms with Crippen LogP contribution >= 0.6 is 0 Å². The van der Waals surface area contributed by atoms with Crippen LogP contribution in [0.5, 0.6) is 11.5 Å². The summed E-state index contributed by atoms with van der Waals surface area (Å²) in [4.78, 5) is 14.0. The zero-order valence-electron chi connectivity index (χ0n) is 14.8. The van der Waals surface area contributed by atoms with Crippen LogP contribution in [0.1, 0.15) is 19.3 Å². The fraction of sp³-hybridized carbons (Fsp3) is 0.611. The Balaban J connectivity index is 1.81. The molecule has 1 aliphatic heterocycles. The fourth-order valence-electron chi connectivity index (χ4n) is 2.90. The molecule has 1 aromatic rings. The Kier molecular flexibility index (Phi) is 7.56. The van der Waals surface area contributed by atoms with E-state index in [0.29, 0.717) is 19.0 Å². The second-order valence-corrected chi connectivity index (χ2v) is 6.36. The first-order chi connectivity index (χ1) is 12.4. The summed E-state index contributed by atoms with van der Waals surface area (Å²) in [5.74, 6) is 0.559. The molecule has 0 unspecified atom stereocenters. The van der Waals surface area contributed by atoms with Crippen LogP contribution in [0, 0.1) is 5.92 Å². The Morgan fingerprint density at radius 1 is 1.19 bits per heavy atom. The van der Waals surface area contributed by atoms with Crippen molar-refractivity contribution in [1.82, 2.24) is 10.2 Å². The van der Waals surface area contributed by atoms with E-state index in [0.717, 1.165) is 25.8 Å². The Bertz CT molecular complexity index is 573. The molecule has 2 rings (SSSR count). The smallest absolute Gasteiger partial charge is 0.422 e. The molecular weight excluding hydrogens is 349 g/mol. The van der Waals surface area contributed by atoms with Crippen LogP contribution in [0.15, 0.2) is 24.3 Å². The largest absolute Gasteiger partial charge is 0.480 e. The van der Waals surface area contributed by atoms with Gasteiger partial charge in [-0.3, -0.25) is 4.79 Å². The van der Waals surface area contributed by atoms with Crippen LogP contribution in [0.3, 0.4) is 0 Å². The molecule has 146 valence electrons. The van der Waals surface area contributed by atoms with Crippen LogP contribution in [0.4, 0.5) is 13.2 Å². The number of benzene rings is 1. The van der Waals surface area contributed by atoms with Crippen molar-refractivity contribution in [2.45, 2.75) is 25.4 Å². The summed E-state index contributed by atoms with van der Waals surface area (Å²) in [6, 6.07) is 6.05. The van der Waals surface area contributed by atoms with Crippen molar-refractivity contribution in [3.63, 3.8) is 0 Å². The highest BCUT2D eigenvalue weighted by Crippen LogP contribution is 2.28. The van der Waals surface area contributed by atoms with Crippen molar-refractivity contribution in [2.24, 2.45) is 5.92 Å². The summed E-state index contributed by atoms with van der Waals surface area (Å²) in [7, 11) is 1.92. The molecular formula is C18H25F3N2O3. The van der Waals surface area contributed by atoms with Gasteiger partial charge >= 0.3 is 6.18 Å². The average molecular weight is 374 g/mol. The maximum absolute atomic E-state index is 12.3. The van der Waals surface area contributed by atoms with E-state index in [-0.39, 0.29) is 24.0 Å². The van der Waals surface area contributed by atoms with Gasteiger partial charge in [0, 0.05) is 13.1 Å². The predicted octanol–water partition coefficient (Wildman–Crippen LogP) is 2.85. The summed E-state index contributed by atoms with van der Waals surface area (Å²) >= 11 is 0. The number of carbonyl (C=O) groups excluding carboxylic acids is 1. The predicted molar refractivity (Wildman–Crippen MR) is 91.3 cm³/mol. The second kappa shape index (κ2) is 9.66. The van der Waals surface area contributed by atoms with Gasteiger partial charge in [0.2, 0.25) is 0 Å². The van der Waals surface area contributed by atoms with E-state index >= 15 is 0 Å². The van der Waals surface area contributed by atoms with Crippen LogP contribution in [0.25, 0.3) is 0 Å².